The van der Waals surface area contributed by atoms with Crippen molar-refractivity contribution < 1.29 is 14.3 Å². The third-order valence-electron chi connectivity index (χ3n) is 4.59. The SMILES string of the molecule is COc1ccc(CCNC(=O)C(=O)N2CCN(c3ccccn3)CC2)cc1. The summed E-state index contributed by atoms with van der Waals surface area (Å²) in [7, 11) is 1.62. The number of nitrogens with one attached hydrogen (secondary N) is 1. The summed E-state index contributed by atoms with van der Waals surface area (Å²) in [5.74, 6) is 0.677. The molecule has 1 aromatic carbocycles. The molecule has 1 saturated heterocycles. The first kappa shape index (κ1) is 18.7. The van der Waals surface area contributed by atoms with E-state index in [4.69, 9.17) is 4.74 Å². The van der Waals surface area contributed by atoms with Crippen LogP contribution in [0.2, 0.25) is 0 Å². The highest BCUT2D eigenvalue weighted by Crippen LogP contribution is 2.13. The van der Waals surface area contributed by atoms with Gasteiger partial charge in [-0.3, -0.25) is 9.59 Å². The van der Waals surface area contributed by atoms with Gasteiger partial charge in [-0.2, -0.15) is 0 Å². The van der Waals surface area contributed by atoms with E-state index in [0.717, 1.165) is 17.1 Å². The summed E-state index contributed by atoms with van der Waals surface area (Å²) in [5.41, 5.74) is 1.08. The molecule has 1 aromatic heterocycles. The zero-order valence-corrected chi connectivity index (χ0v) is 15.4. The smallest absolute Gasteiger partial charge is 0.312 e. The van der Waals surface area contributed by atoms with Gasteiger partial charge in [-0.15, -0.1) is 0 Å². The van der Waals surface area contributed by atoms with Crippen LogP contribution in [0, 0.1) is 0 Å². The summed E-state index contributed by atoms with van der Waals surface area (Å²) < 4.78 is 5.12. The molecule has 2 amide bonds. The second kappa shape index (κ2) is 9.02. The molecule has 2 heterocycles. The van der Waals surface area contributed by atoms with Crippen LogP contribution in [0.1, 0.15) is 5.56 Å². The number of carbonyl (C=O) groups excluding carboxylic acids is 2. The number of methoxy groups -OCH3 is 1. The molecular formula is C20H24N4O3. The summed E-state index contributed by atoms with van der Waals surface area (Å²) in [4.78, 5) is 32.5. The zero-order valence-electron chi connectivity index (χ0n) is 15.4. The number of rotatable bonds is 5. The minimum Gasteiger partial charge on any atom is -0.497 e. The van der Waals surface area contributed by atoms with Crippen molar-refractivity contribution in [2.24, 2.45) is 0 Å². The molecule has 7 nitrogen and oxygen atoms in total. The lowest BCUT2D eigenvalue weighted by molar-refractivity contribution is -0.146. The maximum absolute atomic E-state index is 12.3. The van der Waals surface area contributed by atoms with Crippen molar-refractivity contribution in [3.05, 3.63) is 54.2 Å². The van der Waals surface area contributed by atoms with Gasteiger partial charge in [0.1, 0.15) is 11.6 Å². The fourth-order valence-electron chi connectivity index (χ4n) is 3.01. The van der Waals surface area contributed by atoms with Crippen molar-refractivity contribution in [2.75, 3.05) is 44.7 Å². The summed E-state index contributed by atoms with van der Waals surface area (Å²) in [6.07, 6.45) is 2.42. The van der Waals surface area contributed by atoms with E-state index in [2.05, 4.69) is 15.2 Å². The number of anilines is 1. The van der Waals surface area contributed by atoms with Gasteiger partial charge >= 0.3 is 11.8 Å². The van der Waals surface area contributed by atoms with Gasteiger partial charge in [0.2, 0.25) is 0 Å². The number of ether oxygens (including phenoxy) is 1. The van der Waals surface area contributed by atoms with Crippen LogP contribution in [-0.2, 0) is 16.0 Å². The summed E-state index contributed by atoms with van der Waals surface area (Å²) in [6, 6.07) is 13.4. The summed E-state index contributed by atoms with van der Waals surface area (Å²) in [5, 5.41) is 2.71. The minimum atomic E-state index is -0.546. The standard InChI is InChI=1S/C20H24N4O3/c1-27-17-7-5-16(6-8-17)9-11-22-19(25)20(26)24-14-12-23(13-15-24)18-4-2-3-10-21-18/h2-8,10H,9,11-15H2,1H3,(H,22,25). The molecule has 1 aliphatic rings. The van der Waals surface area contributed by atoms with Crippen LogP contribution in [0.25, 0.3) is 0 Å². The number of aromatic nitrogens is 1. The van der Waals surface area contributed by atoms with Gasteiger partial charge in [0.05, 0.1) is 7.11 Å². The summed E-state index contributed by atoms with van der Waals surface area (Å²) >= 11 is 0. The van der Waals surface area contributed by atoms with Crippen molar-refractivity contribution in [1.29, 1.82) is 0 Å². The highest BCUT2D eigenvalue weighted by molar-refractivity contribution is 6.35. The molecule has 1 aliphatic heterocycles. The van der Waals surface area contributed by atoms with E-state index in [-0.39, 0.29) is 0 Å². The third-order valence-corrected chi connectivity index (χ3v) is 4.59. The lowest BCUT2D eigenvalue weighted by Gasteiger charge is -2.35. The first-order valence-corrected chi connectivity index (χ1v) is 9.03. The first-order valence-electron chi connectivity index (χ1n) is 9.03. The van der Waals surface area contributed by atoms with Crippen molar-refractivity contribution >= 4 is 17.6 Å². The maximum atomic E-state index is 12.3. The predicted octanol–water partition coefficient (Wildman–Crippen LogP) is 1.10. The number of hydrogen-bond donors (Lipinski definition) is 1. The van der Waals surface area contributed by atoms with Crippen molar-refractivity contribution in [3.63, 3.8) is 0 Å². The van der Waals surface area contributed by atoms with Gasteiger partial charge in [0.25, 0.3) is 0 Å². The highest BCUT2D eigenvalue weighted by Gasteiger charge is 2.26. The van der Waals surface area contributed by atoms with Gasteiger partial charge in [-0.1, -0.05) is 18.2 Å². The molecule has 0 aliphatic carbocycles. The normalized spacial score (nSPS) is 14.0. The topological polar surface area (TPSA) is 74.8 Å². The van der Waals surface area contributed by atoms with E-state index in [9.17, 15) is 9.59 Å². The second-order valence-electron chi connectivity index (χ2n) is 6.32. The third kappa shape index (κ3) is 4.97. The predicted molar refractivity (Wildman–Crippen MR) is 103 cm³/mol. The molecule has 1 fully saturated rings. The Balaban J connectivity index is 1.42. The number of benzene rings is 1. The van der Waals surface area contributed by atoms with E-state index in [1.54, 1.807) is 18.2 Å². The lowest BCUT2D eigenvalue weighted by atomic mass is 10.1. The van der Waals surface area contributed by atoms with E-state index in [1.807, 2.05) is 42.5 Å². The molecule has 0 unspecified atom stereocenters. The molecule has 7 heteroatoms. The largest absolute Gasteiger partial charge is 0.497 e. The van der Waals surface area contributed by atoms with Crippen LogP contribution in [0.3, 0.4) is 0 Å². The fourth-order valence-corrected chi connectivity index (χ4v) is 3.01. The van der Waals surface area contributed by atoms with E-state index < -0.39 is 11.8 Å². The molecule has 0 radical (unpaired) electrons. The van der Waals surface area contributed by atoms with Gasteiger partial charge in [-0.05, 0) is 36.2 Å². The van der Waals surface area contributed by atoms with Crippen LogP contribution in [0.15, 0.2) is 48.7 Å². The van der Waals surface area contributed by atoms with Crippen molar-refractivity contribution in [3.8, 4) is 5.75 Å². The van der Waals surface area contributed by atoms with Gasteiger partial charge in [0.15, 0.2) is 0 Å². The molecule has 0 atom stereocenters. The highest BCUT2D eigenvalue weighted by atomic mass is 16.5. The molecule has 0 bridgehead atoms. The van der Waals surface area contributed by atoms with E-state index >= 15 is 0 Å². The number of amides is 2. The number of nitrogens with zero attached hydrogens (tertiary/aromatic N) is 3. The first-order chi connectivity index (χ1) is 13.2. The van der Waals surface area contributed by atoms with E-state index in [1.165, 1.54) is 0 Å². The molecular weight excluding hydrogens is 344 g/mol. The van der Waals surface area contributed by atoms with Crippen LogP contribution in [0.5, 0.6) is 5.75 Å². The van der Waals surface area contributed by atoms with Crippen LogP contribution >= 0.6 is 0 Å². The monoisotopic (exact) mass is 368 g/mol. The molecule has 27 heavy (non-hydrogen) atoms. The number of pyridine rings is 1. The molecule has 2 aromatic rings. The van der Waals surface area contributed by atoms with Crippen molar-refractivity contribution in [2.45, 2.75) is 6.42 Å². The van der Waals surface area contributed by atoms with Gasteiger partial charge in [0, 0.05) is 38.9 Å². The average Bonchev–Trinajstić information content (AvgIpc) is 2.74. The Morgan fingerprint density at radius 2 is 1.81 bits per heavy atom. The Labute approximate surface area is 158 Å². The molecule has 3 rings (SSSR count). The molecule has 1 N–H and O–H groups in total. The fraction of sp³-hybridized carbons (Fsp3) is 0.350. The average molecular weight is 368 g/mol. The van der Waals surface area contributed by atoms with E-state index in [0.29, 0.717) is 39.1 Å². The Hall–Kier alpha value is -3.09. The number of piperazine rings is 1. The minimum absolute atomic E-state index is 0.421. The Kier molecular flexibility index (Phi) is 6.25. The Morgan fingerprint density at radius 3 is 2.44 bits per heavy atom. The molecule has 0 spiro atoms. The van der Waals surface area contributed by atoms with Crippen molar-refractivity contribution in [1.82, 2.24) is 15.2 Å². The van der Waals surface area contributed by atoms with Gasteiger partial charge < -0.3 is 19.9 Å². The van der Waals surface area contributed by atoms with Gasteiger partial charge in [-0.25, -0.2) is 4.98 Å². The number of hydrogen-bond acceptors (Lipinski definition) is 5. The van der Waals surface area contributed by atoms with Crippen LogP contribution < -0.4 is 15.0 Å². The quantitative estimate of drug-likeness (QED) is 0.800. The molecule has 0 saturated carbocycles. The zero-order chi connectivity index (χ0) is 19.1. The summed E-state index contributed by atoms with van der Waals surface area (Å²) in [6.45, 7) is 2.79. The second-order valence-corrected chi connectivity index (χ2v) is 6.32. The molecule has 142 valence electrons. The Morgan fingerprint density at radius 1 is 1.07 bits per heavy atom. The van der Waals surface area contributed by atoms with Crippen LogP contribution in [0.4, 0.5) is 5.82 Å². The maximum Gasteiger partial charge on any atom is 0.312 e. The van der Waals surface area contributed by atoms with Crippen LogP contribution in [-0.4, -0.2) is 61.5 Å². The Bertz CT molecular complexity index is 757. The number of carbonyl (C=O) groups is 2. The lowest BCUT2D eigenvalue weighted by Crippen LogP contribution is -2.53.